The number of carbonyl (C=O) groups is 2. The van der Waals surface area contributed by atoms with Crippen molar-refractivity contribution in [2.24, 2.45) is 0 Å². The summed E-state index contributed by atoms with van der Waals surface area (Å²) in [5.41, 5.74) is 4.62. The van der Waals surface area contributed by atoms with Crippen LogP contribution in [-0.2, 0) is 11.2 Å². The summed E-state index contributed by atoms with van der Waals surface area (Å²) in [5.74, 6) is 2.20. The molecule has 0 bridgehead atoms. The standard InChI is InChI=1S/C17H18N2O4S/c20-16(21)18-9-15-14-8-12-7-11(10-3-5-24-6-4-10)1-2-13(12)19(14)17(22)23-15/h1-3,7,14-15,18H,4-6,8-9H2,(H,20,21)/t14-,15-/m0/s1. The SMILES string of the molecule is O=C(O)NC[C@@H]1OC(=O)N2c3ccc(C4=CCSCC4)cc3C[C@@H]12. The second kappa shape index (κ2) is 6.05. The Balaban J connectivity index is 1.58. The number of ether oxygens (including phenoxy) is 1. The average molecular weight is 346 g/mol. The molecule has 0 unspecified atom stereocenters. The summed E-state index contributed by atoms with van der Waals surface area (Å²) in [6.45, 7) is 0.117. The molecule has 7 heteroatoms. The van der Waals surface area contributed by atoms with Gasteiger partial charge >= 0.3 is 12.2 Å². The zero-order valence-corrected chi connectivity index (χ0v) is 13.8. The summed E-state index contributed by atoms with van der Waals surface area (Å²) in [5, 5.41) is 11.1. The summed E-state index contributed by atoms with van der Waals surface area (Å²) in [6.07, 6.45) is 2.10. The van der Waals surface area contributed by atoms with Crippen molar-refractivity contribution in [3.8, 4) is 0 Å². The molecule has 1 fully saturated rings. The van der Waals surface area contributed by atoms with Crippen LogP contribution in [0.4, 0.5) is 15.3 Å². The van der Waals surface area contributed by atoms with Crippen molar-refractivity contribution in [1.29, 1.82) is 0 Å². The highest BCUT2D eigenvalue weighted by Crippen LogP contribution is 2.40. The molecule has 6 nitrogen and oxygen atoms in total. The fraction of sp³-hybridized carbons (Fsp3) is 0.412. The number of carboxylic acid groups (broad SMARTS) is 1. The number of cyclic esters (lactones) is 1. The highest BCUT2D eigenvalue weighted by atomic mass is 32.2. The number of allylic oxidation sites excluding steroid dienone is 1. The molecule has 2 atom stereocenters. The molecule has 0 aromatic heterocycles. The Hall–Kier alpha value is -2.15. The van der Waals surface area contributed by atoms with E-state index >= 15 is 0 Å². The first-order chi connectivity index (χ1) is 11.6. The molecule has 0 saturated carbocycles. The number of benzene rings is 1. The highest BCUT2D eigenvalue weighted by Gasteiger charge is 2.47. The van der Waals surface area contributed by atoms with Gasteiger partial charge in [0.1, 0.15) is 6.10 Å². The van der Waals surface area contributed by atoms with Crippen molar-refractivity contribution >= 4 is 35.2 Å². The van der Waals surface area contributed by atoms with Crippen molar-refractivity contribution in [2.45, 2.75) is 25.0 Å². The summed E-state index contributed by atoms with van der Waals surface area (Å²) in [6, 6.07) is 6.09. The van der Waals surface area contributed by atoms with Gasteiger partial charge in [-0.25, -0.2) is 9.59 Å². The van der Waals surface area contributed by atoms with Crippen molar-refractivity contribution in [1.82, 2.24) is 5.32 Å². The first-order valence-corrected chi connectivity index (χ1v) is 9.15. The van der Waals surface area contributed by atoms with Crippen molar-refractivity contribution in [3.63, 3.8) is 0 Å². The van der Waals surface area contributed by atoms with Crippen LogP contribution in [0.15, 0.2) is 24.3 Å². The highest BCUT2D eigenvalue weighted by molar-refractivity contribution is 7.99. The maximum Gasteiger partial charge on any atom is 0.415 e. The van der Waals surface area contributed by atoms with Gasteiger partial charge in [-0.3, -0.25) is 4.90 Å². The lowest BCUT2D eigenvalue weighted by Gasteiger charge is -2.16. The second-order valence-electron chi connectivity index (χ2n) is 6.15. The van der Waals surface area contributed by atoms with Gasteiger partial charge in [0.05, 0.1) is 18.3 Å². The number of fused-ring (bicyclic) bond motifs is 3. The Morgan fingerprint density at radius 3 is 3.08 bits per heavy atom. The molecule has 3 aliphatic heterocycles. The number of thioether (sulfide) groups is 1. The zero-order chi connectivity index (χ0) is 16.7. The van der Waals surface area contributed by atoms with E-state index in [2.05, 4.69) is 23.5 Å². The molecule has 1 saturated heterocycles. The third-order valence-electron chi connectivity index (χ3n) is 4.77. The van der Waals surface area contributed by atoms with Gasteiger partial charge < -0.3 is 15.2 Å². The predicted octanol–water partition coefficient (Wildman–Crippen LogP) is 2.72. The van der Waals surface area contributed by atoms with E-state index in [1.54, 1.807) is 4.90 Å². The smallest absolute Gasteiger partial charge is 0.415 e. The van der Waals surface area contributed by atoms with Crippen LogP contribution in [0.2, 0.25) is 0 Å². The monoisotopic (exact) mass is 346 g/mol. The molecule has 126 valence electrons. The summed E-state index contributed by atoms with van der Waals surface area (Å²) >= 11 is 1.94. The third kappa shape index (κ3) is 2.62. The lowest BCUT2D eigenvalue weighted by Crippen LogP contribution is -2.40. The minimum absolute atomic E-state index is 0.117. The van der Waals surface area contributed by atoms with Gasteiger partial charge in [-0.1, -0.05) is 12.1 Å². The molecule has 3 aliphatic rings. The molecule has 4 rings (SSSR count). The van der Waals surface area contributed by atoms with Crippen LogP contribution in [-0.4, -0.2) is 47.5 Å². The Morgan fingerprint density at radius 1 is 1.46 bits per heavy atom. The Labute approximate surface area is 143 Å². The largest absolute Gasteiger partial charge is 0.465 e. The molecule has 24 heavy (non-hydrogen) atoms. The lowest BCUT2D eigenvalue weighted by molar-refractivity contribution is 0.127. The zero-order valence-electron chi connectivity index (χ0n) is 13.0. The first kappa shape index (κ1) is 15.4. The molecule has 0 aliphatic carbocycles. The molecule has 2 N–H and O–H groups in total. The number of anilines is 1. The molecular weight excluding hydrogens is 328 g/mol. The first-order valence-electron chi connectivity index (χ1n) is 8.00. The van der Waals surface area contributed by atoms with Crippen molar-refractivity contribution in [3.05, 3.63) is 35.4 Å². The molecule has 1 aromatic rings. The van der Waals surface area contributed by atoms with E-state index in [1.807, 2.05) is 17.8 Å². The molecular formula is C17H18N2O4S. The van der Waals surface area contributed by atoms with Gasteiger partial charge in [0.25, 0.3) is 0 Å². The van der Waals surface area contributed by atoms with Gasteiger partial charge in [-0.05, 0) is 47.4 Å². The van der Waals surface area contributed by atoms with Crippen LogP contribution >= 0.6 is 11.8 Å². The second-order valence-corrected chi connectivity index (χ2v) is 7.30. The normalized spacial score (nSPS) is 24.9. The van der Waals surface area contributed by atoms with Gasteiger partial charge in [0.15, 0.2) is 0 Å². The summed E-state index contributed by atoms with van der Waals surface area (Å²) in [7, 11) is 0. The van der Waals surface area contributed by atoms with E-state index in [9.17, 15) is 9.59 Å². The molecule has 0 spiro atoms. The fourth-order valence-electron chi connectivity index (χ4n) is 3.63. The third-order valence-corrected chi connectivity index (χ3v) is 5.66. The van der Waals surface area contributed by atoms with E-state index in [-0.39, 0.29) is 12.6 Å². The topological polar surface area (TPSA) is 78.9 Å². The van der Waals surface area contributed by atoms with Crippen LogP contribution < -0.4 is 10.2 Å². The molecule has 1 aromatic carbocycles. The van der Waals surface area contributed by atoms with Gasteiger partial charge in [0, 0.05) is 5.75 Å². The number of rotatable bonds is 3. The van der Waals surface area contributed by atoms with Crippen LogP contribution in [0.25, 0.3) is 5.57 Å². The molecule has 3 heterocycles. The maximum atomic E-state index is 12.2. The quantitative estimate of drug-likeness (QED) is 0.880. The van der Waals surface area contributed by atoms with E-state index in [0.717, 1.165) is 29.2 Å². The van der Waals surface area contributed by atoms with Gasteiger partial charge in [-0.15, -0.1) is 0 Å². The Morgan fingerprint density at radius 2 is 2.33 bits per heavy atom. The van der Waals surface area contributed by atoms with Crippen LogP contribution in [0.1, 0.15) is 17.5 Å². The Bertz CT molecular complexity index is 733. The summed E-state index contributed by atoms with van der Waals surface area (Å²) in [4.78, 5) is 24.5. The number of hydrogen-bond acceptors (Lipinski definition) is 4. The van der Waals surface area contributed by atoms with E-state index in [4.69, 9.17) is 9.84 Å². The lowest BCUT2D eigenvalue weighted by atomic mass is 9.98. The minimum atomic E-state index is -1.11. The molecule has 2 amide bonds. The van der Waals surface area contributed by atoms with Crippen molar-refractivity contribution in [2.75, 3.05) is 23.0 Å². The fourth-order valence-corrected chi connectivity index (χ4v) is 4.48. The van der Waals surface area contributed by atoms with E-state index < -0.39 is 18.3 Å². The number of nitrogens with zero attached hydrogens (tertiary/aromatic N) is 1. The Kier molecular flexibility index (Phi) is 3.88. The predicted molar refractivity (Wildman–Crippen MR) is 92.6 cm³/mol. The number of nitrogens with one attached hydrogen (secondary N) is 1. The summed E-state index contributed by atoms with van der Waals surface area (Å²) < 4.78 is 5.33. The van der Waals surface area contributed by atoms with Crippen LogP contribution in [0, 0.1) is 0 Å². The van der Waals surface area contributed by atoms with Gasteiger partial charge in [-0.2, -0.15) is 11.8 Å². The van der Waals surface area contributed by atoms with Crippen LogP contribution in [0.3, 0.4) is 0 Å². The maximum absolute atomic E-state index is 12.2. The number of hydrogen-bond donors (Lipinski definition) is 2. The molecule has 0 radical (unpaired) electrons. The van der Waals surface area contributed by atoms with Gasteiger partial charge in [0.2, 0.25) is 0 Å². The van der Waals surface area contributed by atoms with E-state index in [1.165, 1.54) is 11.1 Å². The van der Waals surface area contributed by atoms with Crippen LogP contribution in [0.5, 0.6) is 0 Å². The number of carbonyl (C=O) groups excluding carboxylic acids is 1. The van der Waals surface area contributed by atoms with Crippen molar-refractivity contribution < 1.29 is 19.4 Å². The minimum Gasteiger partial charge on any atom is -0.465 e. The van der Waals surface area contributed by atoms with E-state index in [0.29, 0.717) is 6.42 Å². The average Bonchev–Trinajstić information content (AvgIpc) is 3.11. The number of amides is 2.